The zero-order valence-electron chi connectivity index (χ0n) is 24.1. The van der Waals surface area contributed by atoms with Crippen LogP contribution in [0.5, 0.6) is 0 Å². The third-order valence-electron chi connectivity index (χ3n) is 4.75. The van der Waals surface area contributed by atoms with E-state index in [0.29, 0.717) is 27.5 Å². The Balaban J connectivity index is 2.23. The van der Waals surface area contributed by atoms with E-state index in [0.717, 1.165) is 0 Å². The zero-order chi connectivity index (χ0) is 27.0. The molecular formula is C23H22N3O+. The fourth-order valence-corrected chi connectivity index (χ4v) is 3.27. The second-order valence-electron chi connectivity index (χ2n) is 6.38. The average Bonchev–Trinajstić information content (AvgIpc) is 3.16. The van der Waals surface area contributed by atoms with Crippen molar-refractivity contribution in [2.45, 2.75) is 33.4 Å². The van der Waals surface area contributed by atoms with Crippen molar-refractivity contribution in [2.24, 2.45) is 7.05 Å². The number of furan rings is 1. The Labute approximate surface area is 171 Å². The lowest BCUT2D eigenvalue weighted by Crippen LogP contribution is -2.35. The van der Waals surface area contributed by atoms with Crippen LogP contribution in [0.2, 0.25) is 0 Å². The van der Waals surface area contributed by atoms with Crippen LogP contribution in [0.15, 0.2) is 40.9 Å². The van der Waals surface area contributed by atoms with Gasteiger partial charge in [0.05, 0.1) is 19.3 Å². The first-order chi connectivity index (χ1) is 16.6. The van der Waals surface area contributed by atoms with Gasteiger partial charge in [-0.1, -0.05) is 25.8 Å². The molecule has 0 amide bonds. The van der Waals surface area contributed by atoms with Gasteiger partial charge in [0.2, 0.25) is 11.4 Å². The molecule has 0 atom stereocenters. The third kappa shape index (κ3) is 2.59. The average molecular weight is 366 g/mol. The van der Waals surface area contributed by atoms with Crippen molar-refractivity contribution < 1.29 is 21.3 Å². The summed E-state index contributed by atoms with van der Waals surface area (Å²) in [5, 5.41) is 10.6. The van der Waals surface area contributed by atoms with Crippen molar-refractivity contribution in [3.05, 3.63) is 58.9 Å². The van der Waals surface area contributed by atoms with E-state index in [1.54, 1.807) is 32.2 Å². The number of rotatable bonds is 2. The highest BCUT2D eigenvalue weighted by molar-refractivity contribution is 6.10. The molecule has 27 heavy (non-hydrogen) atoms. The molecule has 0 aliphatic rings. The minimum Gasteiger partial charge on any atom is -0.437 e. The van der Waals surface area contributed by atoms with Crippen molar-refractivity contribution in [3.8, 4) is 17.3 Å². The highest BCUT2D eigenvalue weighted by Crippen LogP contribution is 2.38. The lowest BCUT2D eigenvalue weighted by molar-refractivity contribution is -0.666. The molecule has 134 valence electrons. The second-order valence-corrected chi connectivity index (χ2v) is 6.38. The van der Waals surface area contributed by atoms with E-state index < -0.39 is 37.2 Å². The molecule has 3 aromatic heterocycles. The van der Waals surface area contributed by atoms with E-state index in [-0.39, 0.29) is 22.7 Å². The molecule has 3 heterocycles. The van der Waals surface area contributed by atoms with Crippen molar-refractivity contribution in [2.75, 3.05) is 0 Å². The second kappa shape index (κ2) is 6.21. The van der Waals surface area contributed by atoms with Gasteiger partial charge in [-0.15, -0.1) is 0 Å². The lowest BCUT2D eigenvalue weighted by Gasteiger charge is -2.11. The Kier molecular flexibility index (Phi) is 2.22. The normalized spacial score (nSPS) is 17.6. The maximum atomic E-state index is 9.59. The first kappa shape index (κ1) is 9.66. The van der Waals surface area contributed by atoms with E-state index in [9.17, 15) is 5.26 Å². The van der Waals surface area contributed by atoms with Crippen LogP contribution in [0.1, 0.15) is 54.3 Å². The monoisotopic (exact) mass is 365 g/mol. The van der Waals surface area contributed by atoms with Crippen LogP contribution in [0.25, 0.3) is 33.3 Å². The first-order valence-electron chi connectivity index (χ1n) is 12.8. The van der Waals surface area contributed by atoms with Gasteiger partial charge >= 0.3 is 0 Å². The van der Waals surface area contributed by atoms with E-state index in [1.807, 2.05) is 0 Å². The fourth-order valence-electron chi connectivity index (χ4n) is 3.27. The smallest absolute Gasteiger partial charge is 0.228 e. The summed E-state index contributed by atoms with van der Waals surface area (Å²) in [5.41, 5.74) is 1.31. The summed E-state index contributed by atoms with van der Waals surface area (Å²) in [4.78, 5) is 4.21. The van der Waals surface area contributed by atoms with Gasteiger partial charge in [-0.3, -0.25) is 0 Å². The molecule has 0 fully saturated rings. The van der Waals surface area contributed by atoms with Gasteiger partial charge in [0.1, 0.15) is 13.1 Å². The number of fused-ring (bicyclic) bond motifs is 3. The molecule has 0 spiro atoms. The molecule has 0 saturated carbocycles. The fraction of sp³-hybridized carbons (Fsp3) is 0.261. The molecule has 4 nitrogen and oxygen atoms in total. The highest BCUT2D eigenvalue weighted by Gasteiger charge is 2.24. The Morgan fingerprint density at radius 3 is 2.85 bits per heavy atom. The summed E-state index contributed by atoms with van der Waals surface area (Å²) in [6.45, 7) is -3.48. The van der Waals surface area contributed by atoms with Crippen molar-refractivity contribution >= 4 is 22.1 Å². The number of benzene rings is 1. The minimum absolute atomic E-state index is 0.0873. The van der Waals surface area contributed by atoms with Crippen LogP contribution < -0.4 is 4.57 Å². The molecule has 0 saturated heterocycles. The van der Waals surface area contributed by atoms with Crippen LogP contribution in [0.3, 0.4) is 0 Å². The molecule has 4 aromatic rings. The van der Waals surface area contributed by atoms with Gasteiger partial charge < -0.3 is 4.42 Å². The number of nitrogens with zero attached hydrogens (tertiary/aromatic N) is 3. The van der Waals surface area contributed by atoms with Gasteiger partial charge in [-0.2, -0.15) is 9.83 Å². The summed E-state index contributed by atoms with van der Waals surface area (Å²) >= 11 is 0. The quantitative estimate of drug-likeness (QED) is 0.465. The van der Waals surface area contributed by atoms with Crippen LogP contribution >= 0.6 is 0 Å². The maximum Gasteiger partial charge on any atom is 0.228 e. The molecule has 0 unspecified atom stereocenters. The van der Waals surface area contributed by atoms with Crippen LogP contribution in [-0.4, -0.2) is 4.98 Å². The van der Waals surface area contributed by atoms with Gasteiger partial charge in [0.15, 0.2) is 11.3 Å². The summed E-state index contributed by atoms with van der Waals surface area (Å²) in [6.07, 6.45) is 1.43. The molecule has 0 aliphatic carbocycles. The van der Waals surface area contributed by atoms with E-state index in [4.69, 9.17) is 16.8 Å². The number of hydrogen-bond donors (Lipinski definition) is 0. The molecule has 0 aliphatic heterocycles. The van der Waals surface area contributed by atoms with E-state index in [1.165, 1.54) is 17.7 Å². The summed E-state index contributed by atoms with van der Waals surface area (Å²) < 4.78 is 81.3. The molecule has 0 radical (unpaired) electrons. The lowest BCUT2D eigenvalue weighted by atomic mass is 9.96. The highest BCUT2D eigenvalue weighted by atomic mass is 16.3. The molecule has 4 heteroatoms. The van der Waals surface area contributed by atoms with Gasteiger partial charge in [-0.05, 0) is 30.0 Å². The number of aromatic nitrogens is 2. The van der Waals surface area contributed by atoms with Gasteiger partial charge in [0.25, 0.3) is 0 Å². The van der Waals surface area contributed by atoms with Crippen molar-refractivity contribution in [3.63, 3.8) is 0 Å². The molecule has 0 N–H and O–H groups in total. The molecule has 1 aromatic carbocycles. The van der Waals surface area contributed by atoms with Crippen LogP contribution in [0.4, 0.5) is 0 Å². The standard InChI is InChI=1S/C23H22N3O/c1-13(2)17-10-15(4)26(5)19(11-17)20-14(3)6-7-18-21-16(12-24)8-9-25-23(21)27-22(18)20/h6-11,13H,1-5H3/q+1/i1D3,2D3,10D,11D,13D. The molecule has 4 rings (SSSR count). The number of nitriles is 1. The Bertz CT molecular complexity index is 1580. The summed E-state index contributed by atoms with van der Waals surface area (Å²) in [7, 11) is 1.57. The minimum atomic E-state index is -3.36. The van der Waals surface area contributed by atoms with Gasteiger partial charge in [0, 0.05) is 40.2 Å². The maximum absolute atomic E-state index is 9.59. The predicted octanol–water partition coefficient (Wildman–Crippen LogP) is 5.08. The third-order valence-corrected chi connectivity index (χ3v) is 4.75. The Hall–Kier alpha value is -3.19. The van der Waals surface area contributed by atoms with Crippen LogP contribution in [-0.2, 0) is 7.05 Å². The summed E-state index contributed by atoms with van der Waals surface area (Å²) in [5.74, 6) is -3.23. The van der Waals surface area contributed by atoms with Crippen molar-refractivity contribution in [1.82, 2.24) is 4.98 Å². The SMILES string of the molecule is [2H]c1c(C([2H])(C([2H])([2H])[2H])C([2H])([2H])[2H])c([2H])c(-c2c(C)ccc3c2oc2nccc(C#N)c23)[n+](C)c1C. The Morgan fingerprint density at radius 2 is 2.11 bits per heavy atom. The Morgan fingerprint density at radius 1 is 1.30 bits per heavy atom. The molecule has 0 bridgehead atoms. The predicted molar refractivity (Wildman–Crippen MR) is 106 cm³/mol. The van der Waals surface area contributed by atoms with E-state index >= 15 is 0 Å². The topological polar surface area (TPSA) is 53.7 Å². The zero-order valence-corrected chi connectivity index (χ0v) is 15.1. The number of pyridine rings is 2. The van der Waals surface area contributed by atoms with Crippen LogP contribution in [0, 0.1) is 25.2 Å². The summed E-state index contributed by atoms with van der Waals surface area (Å²) in [6, 6.07) is 6.07. The van der Waals surface area contributed by atoms with Gasteiger partial charge in [-0.25, -0.2) is 4.98 Å². The molecular weight excluding hydrogens is 334 g/mol. The largest absolute Gasteiger partial charge is 0.437 e. The number of hydrogen-bond acceptors (Lipinski definition) is 3. The first-order valence-corrected chi connectivity index (χ1v) is 8.29. The van der Waals surface area contributed by atoms with E-state index in [2.05, 4.69) is 11.1 Å². The number of aryl methyl sites for hydroxylation is 1. The van der Waals surface area contributed by atoms with Crippen molar-refractivity contribution in [1.29, 1.82) is 5.26 Å².